The molecule has 4 N–H and O–H groups in total. The number of aromatic nitrogens is 1. The molecule has 0 saturated carbocycles. The number of ketones is 1. The van der Waals surface area contributed by atoms with Crippen LogP contribution in [0.5, 0.6) is 0 Å². The summed E-state index contributed by atoms with van der Waals surface area (Å²) in [5.41, 5.74) is 5.49. The Morgan fingerprint density at radius 3 is 2.47 bits per heavy atom. The minimum absolute atomic E-state index is 0.142. The number of carbonyl (C=O) groups excluding carboxylic acids is 2. The van der Waals surface area contributed by atoms with E-state index in [4.69, 9.17) is 5.73 Å². The summed E-state index contributed by atoms with van der Waals surface area (Å²) in [5.74, 6) is -0.854. The molecule has 0 aromatic carbocycles. The van der Waals surface area contributed by atoms with Crippen LogP contribution in [0, 0.1) is 0 Å². The summed E-state index contributed by atoms with van der Waals surface area (Å²) in [5, 5.41) is 19.1. The van der Waals surface area contributed by atoms with Crippen LogP contribution >= 0.6 is 0 Å². The van der Waals surface area contributed by atoms with Gasteiger partial charge in [0.15, 0.2) is 5.78 Å². The maximum absolute atomic E-state index is 11.0. The molecule has 6 nitrogen and oxygen atoms in total. The van der Waals surface area contributed by atoms with Crippen LogP contribution in [-0.2, 0) is 4.79 Å². The molecule has 1 heterocycles. The van der Waals surface area contributed by atoms with Crippen molar-refractivity contribution in [2.45, 2.75) is 25.6 Å². The third kappa shape index (κ3) is 3.61. The molecular weight excluding hydrogens is 224 g/mol. The lowest BCUT2D eigenvalue weighted by Crippen LogP contribution is -2.26. The summed E-state index contributed by atoms with van der Waals surface area (Å²) in [7, 11) is 0. The van der Waals surface area contributed by atoms with E-state index in [1.807, 2.05) is 0 Å². The molecule has 2 atom stereocenters. The van der Waals surface area contributed by atoms with Gasteiger partial charge in [0.25, 0.3) is 0 Å². The van der Waals surface area contributed by atoms with Gasteiger partial charge in [-0.3, -0.25) is 14.6 Å². The van der Waals surface area contributed by atoms with Gasteiger partial charge in [-0.15, -0.1) is 0 Å². The maximum atomic E-state index is 11.0. The predicted octanol–water partition coefficient (Wildman–Crippen LogP) is -0.446. The fourth-order valence-electron chi connectivity index (χ4n) is 1.30. The highest BCUT2D eigenvalue weighted by molar-refractivity contribution is 5.93. The molecule has 6 heteroatoms. The van der Waals surface area contributed by atoms with Crippen LogP contribution in [0.3, 0.4) is 0 Å². The zero-order valence-electron chi connectivity index (χ0n) is 9.33. The van der Waals surface area contributed by atoms with E-state index in [9.17, 15) is 19.8 Å². The number of carbonyl (C=O) groups is 2. The number of rotatable bonds is 5. The molecule has 0 spiro atoms. The first-order valence-corrected chi connectivity index (χ1v) is 5.03. The second kappa shape index (κ2) is 5.51. The molecule has 92 valence electrons. The number of primary amides is 1. The molecule has 1 aromatic rings. The zero-order chi connectivity index (χ0) is 13.0. The number of nitrogens with zero attached hydrogens (tertiary/aromatic N) is 1. The van der Waals surface area contributed by atoms with Gasteiger partial charge in [-0.25, -0.2) is 0 Å². The van der Waals surface area contributed by atoms with Crippen LogP contribution in [-0.4, -0.2) is 33.0 Å². The molecule has 0 aliphatic carbocycles. The van der Waals surface area contributed by atoms with Crippen LogP contribution in [0.15, 0.2) is 18.3 Å². The molecule has 1 aromatic heterocycles. The summed E-state index contributed by atoms with van der Waals surface area (Å²) >= 11 is 0. The van der Waals surface area contributed by atoms with Crippen LogP contribution in [0.4, 0.5) is 0 Å². The molecule has 1 rings (SSSR count). The Morgan fingerprint density at radius 2 is 2.06 bits per heavy atom. The molecule has 1 amide bonds. The molecule has 0 fully saturated rings. The summed E-state index contributed by atoms with van der Waals surface area (Å²) in [6.07, 6.45) is -1.65. The van der Waals surface area contributed by atoms with Crippen molar-refractivity contribution in [3.05, 3.63) is 29.6 Å². The van der Waals surface area contributed by atoms with E-state index >= 15 is 0 Å². The van der Waals surface area contributed by atoms with Crippen LogP contribution in [0.1, 0.15) is 35.5 Å². The van der Waals surface area contributed by atoms with Crippen molar-refractivity contribution >= 4 is 11.7 Å². The number of hydrogen-bond acceptors (Lipinski definition) is 5. The molecule has 0 aliphatic heterocycles. The van der Waals surface area contributed by atoms with Crippen molar-refractivity contribution in [2.75, 3.05) is 0 Å². The Kier molecular flexibility index (Phi) is 4.30. The number of Topliss-reactive ketones (excluding diaryl/α,β-unsaturated/α-hetero) is 1. The van der Waals surface area contributed by atoms with Gasteiger partial charge in [0.05, 0.1) is 18.2 Å². The minimum atomic E-state index is -1.30. The van der Waals surface area contributed by atoms with E-state index in [1.54, 1.807) is 0 Å². The molecule has 2 unspecified atom stereocenters. The van der Waals surface area contributed by atoms with Crippen molar-refractivity contribution in [1.82, 2.24) is 4.98 Å². The second-order valence-corrected chi connectivity index (χ2v) is 3.71. The number of aliphatic hydroxyl groups excluding tert-OH is 2. The topological polar surface area (TPSA) is 114 Å². The summed E-state index contributed by atoms with van der Waals surface area (Å²) in [4.78, 5) is 25.4. The highest BCUT2D eigenvalue weighted by Crippen LogP contribution is 2.17. The number of hydrogen-bond donors (Lipinski definition) is 3. The summed E-state index contributed by atoms with van der Waals surface area (Å²) < 4.78 is 0. The average molecular weight is 238 g/mol. The Hall–Kier alpha value is -1.79. The number of pyridine rings is 1. The number of amides is 1. The lowest BCUT2D eigenvalue weighted by Gasteiger charge is -2.15. The van der Waals surface area contributed by atoms with Gasteiger partial charge in [-0.2, -0.15) is 0 Å². The van der Waals surface area contributed by atoms with Crippen molar-refractivity contribution in [3.63, 3.8) is 0 Å². The summed E-state index contributed by atoms with van der Waals surface area (Å²) in [6.45, 7) is 1.40. The third-order valence-corrected chi connectivity index (χ3v) is 2.27. The van der Waals surface area contributed by atoms with Gasteiger partial charge in [0.1, 0.15) is 6.10 Å². The molecular formula is C11H14N2O4. The predicted molar refractivity (Wildman–Crippen MR) is 59.0 cm³/mol. The van der Waals surface area contributed by atoms with Gasteiger partial charge in [-0.05, 0) is 19.1 Å². The Balaban J connectivity index is 2.78. The lowest BCUT2D eigenvalue weighted by molar-refractivity contribution is -0.121. The van der Waals surface area contributed by atoms with E-state index in [0.29, 0.717) is 5.56 Å². The van der Waals surface area contributed by atoms with Crippen molar-refractivity contribution in [1.29, 1.82) is 0 Å². The van der Waals surface area contributed by atoms with E-state index < -0.39 is 18.1 Å². The van der Waals surface area contributed by atoms with E-state index in [2.05, 4.69) is 4.98 Å². The minimum Gasteiger partial charge on any atom is -0.389 e. The highest BCUT2D eigenvalue weighted by atomic mass is 16.3. The fraction of sp³-hybridized carbons (Fsp3) is 0.364. The van der Waals surface area contributed by atoms with Crippen LogP contribution in [0.25, 0.3) is 0 Å². The number of aliphatic hydroxyl groups is 2. The highest BCUT2D eigenvalue weighted by Gasteiger charge is 2.21. The van der Waals surface area contributed by atoms with Crippen molar-refractivity contribution < 1.29 is 19.8 Å². The monoisotopic (exact) mass is 238 g/mol. The third-order valence-electron chi connectivity index (χ3n) is 2.27. The van der Waals surface area contributed by atoms with Crippen LogP contribution < -0.4 is 5.73 Å². The van der Waals surface area contributed by atoms with Gasteiger partial charge in [0.2, 0.25) is 5.91 Å². The number of nitrogens with two attached hydrogens (primary N) is 1. The standard InChI is InChI=1S/C11H14N2O4/c1-6(14)7-2-3-8(13-5-7)11(17)9(15)4-10(12)16/h2-3,5,9,11,15,17H,4H2,1H3,(H2,12,16). The van der Waals surface area contributed by atoms with Gasteiger partial charge >= 0.3 is 0 Å². The maximum Gasteiger partial charge on any atom is 0.220 e. The Labute approximate surface area is 98.1 Å². The molecule has 0 bridgehead atoms. The average Bonchev–Trinajstić information content (AvgIpc) is 2.27. The second-order valence-electron chi connectivity index (χ2n) is 3.71. The fourth-order valence-corrected chi connectivity index (χ4v) is 1.30. The Morgan fingerprint density at radius 1 is 1.41 bits per heavy atom. The zero-order valence-corrected chi connectivity index (χ0v) is 9.33. The first-order chi connectivity index (χ1) is 7.91. The first-order valence-electron chi connectivity index (χ1n) is 5.03. The van der Waals surface area contributed by atoms with Crippen LogP contribution in [0.2, 0.25) is 0 Å². The molecule has 0 radical (unpaired) electrons. The summed E-state index contributed by atoms with van der Waals surface area (Å²) in [6, 6.07) is 2.91. The largest absolute Gasteiger partial charge is 0.389 e. The first kappa shape index (κ1) is 13.3. The molecule has 0 saturated heterocycles. The Bertz CT molecular complexity index is 416. The smallest absolute Gasteiger partial charge is 0.220 e. The van der Waals surface area contributed by atoms with Gasteiger partial charge in [-0.1, -0.05) is 0 Å². The quantitative estimate of drug-likeness (QED) is 0.601. The molecule has 0 aliphatic rings. The van der Waals surface area contributed by atoms with E-state index in [1.165, 1.54) is 25.3 Å². The van der Waals surface area contributed by atoms with Crippen molar-refractivity contribution in [3.8, 4) is 0 Å². The van der Waals surface area contributed by atoms with Gasteiger partial charge in [0, 0.05) is 11.8 Å². The lowest BCUT2D eigenvalue weighted by atomic mass is 10.1. The van der Waals surface area contributed by atoms with E-state index in [-0.39, 0.29) is 17.9 Å². The van der Waals surface area contributed by atoms with E-state index in [0.717, 1.165) is 0 Å². The van der Waals surface area contributed by atoms with Crippen molar-refractivity contribution in [2.24, 2.45) is 5.73 Å². The SMILES string of the molecule is CC(=O)c1ccc(C(O)C(O)CC(N)=O)nc1. The normalized spacial score (nSPS) is 14.1. The van der Waals surface area contributed by atoms with Gasteiger partial charge < -0.3 is 15.9 Å². The molecule has 17 heavy (non-hydrogen) atoms.